The van der Waals surface area contributed by atoms with Crippen LogP contribution >= 0.6 is 0 Å². The fraction of sp³-hybridized carbons (Fsp3) is 0.120. The summed E-state index contributed by atoms with van der Waals surface area (Å²) < 4.78 is 12.5. The van der Waals surface area contributed by atoms with Crippen molar-refractivity contribution in [3.05, 3.63) is 99.1 Å². The fourth-order valence-corrected chi connectivity index (χ4v) is 3.86. The second-order valence-electron chi connectivity index (χ2n) is 7.83. The molecule has 0 saturated carbocycles. The Hall–Kier alpha value is -4.46. The third-order valence-electron chi connectivity index (χ3n) is 5.57. The molecule has 0 radical (unpaired) electrons. The minimum absolute atomic E-state index is 0.000250. The summed E-state index contributed by atoms with van der Waals surface area (Å²) in [7, 11) is 1.63. The van der Waals surface area contributed by atoms with Crippen molar-refractivity contribution >= 4 is 29.6 Å². The Balaban J connectivity index is 1.52. The van der Waals surface area contributed by atoms with Crippen LogP contribution in [0.5, 0.6) is 11.5 Å². The largest absolute Gasteiger partial charge is 0.431 e. The van der Waals surface area contributed by atoms with Crippen LogP contribution in [0, 0.1) is 17.0 Å². The molecule has 3 aromatic rings. The summed E-state index contributed by atoms with van der Waals surface area (Å²) in [6.07, 6.45) is 5.23. The van der Waals surface area contributed by atoms with Crippen LogP contribution in [-0.4, -0.2) is 34.9 Å². The van der Waals surface area contributed by atoms with E-state index < -0.39 is 10.8 Å². The Morgan fingerprint density at radius 1 is 1.09 bits per heavy atom. The molecule has 1 amide bonds. The average molecular weight is 441 g/mol. The molecule has 5 rings (SSSR count). The number of nitro benzene ring substituents is 1. The Labute approximate surface area is 189 Å². The van der Waals surface area contributed by atoms with Crippen LogP contribution in [0.1, 0.15) is 27.0 Å². The number of hydrogen-bond donors (Lipinski definition) is 0. The molecule has 2 heterocycles. The molecule has 0 bridgehead atoms. The van der Waals surface area contributed by atoms with Crippen LogP contribution < -0.4 is 9.47 Å². The summed E-state index contributed by atoms with van der Waals surface area (Å²) in [6, 6.07) is 16.9. The van der Waals surface area contributed by atoms with E-state index in [2.05, 4.69) is 4.99 Å². The number of nitro groups is 1. The van der Waals surface area contributed by atoms with Gasteiger partial charge in [0.2, 0.25) is 0 Å². The lowest BCUT2D eigenvalue weighted by Crippen LogP contribution is -2.60. The molecule has 8 heteroatoms. The minimum atomic E-state index is -1.43. The summed E-state index contributed by atoms with van der Waals surface area (Å²) in [4.78, 5) is 29.3. The van der Waals surface area contributed by atoms with Crippen molar-refractivity contribution in [1.29, 1.82) is 0 Å². The predicted molar refractivity (Wildman–Crippen MR) is 123 cm³/mol. The molecular weight excluding hydrogens is 422 g/mol. The van der Waals surface area contributed by atoms with Crippen molar-refractivity contribution in [1.82, 2.24) is 4.90 Å². The van der Waals surface area contributed by atoms with Crippen LogP contribution in [0.4, 0.5) is 11.4 Å². The Morgan fingerprint density at radius 2 is 1.85 bits per heavy atom. The van der Waals surface area contributed by atoms with E-state index in [1.807, 2.05) is 25.1 Å². The number of carbonyl (C=O) groups excluding carboxylic acids is 1. The van der Waals surface area contributed by atoms with Gasteiger partial charge in [-0.2, -0.15) is 0 Å². The van der Waals surface area contributed by atoms with Gasteiger partial charge in [-0.3, -0.25) is 24.8 Å². The molecule has 8 nitrogen and oxygen atoms in total. The van der Waals surface area contributed by atoms with Gasteiger partial charge >= 0.3 is 5.91 Å². The summed E-state index contributed by atoms with van der Waals surface area (Å²) >= 11 is 0. The van der Waals surface area contributed by atoms with E-state index in [-0.39, 0.29) is 11.6 Å². The number of rotatable bonds is 3. The maximum atomic E-state index is 13.0. The second-order valence-corrected chi connectivity index (χ2v) is 7.83. The van der Waals surface area contributed by atoms with E-state index in [0.29, 0.717) is 28.3 Å². The molecular formula is C25H19N3O5. The fourth-order valence-electron chi connectivity index (χ4n) is 3.86. The lowest BCUT2D eigenvalue weighted by atomic mass is 10.0. The smallest absolute Gasteiger partial charge is 0.362 e. The highest BCUT2D eigenvalue weighted by Crippen LogP contribution is 2.41. The highest BCUT2D eigenvalue weighted by Gasteiger charge is 2.47. The van der Waals surface area contributed by atoms with Gasteiger partial charge in [0.25, 0.3) is 11.6 Å². The SMILES string of the molecule is Cc1cc2c(c(C=Nc3ccc([N+](=O)[O-])cc3)c1)OC1(C=C2)Oc2ccccc2C(=O)N1C. The number of hydrogen-bond acceptors (Lipinski definition) is 6. The molecule has 3 aromatic carbocycles. The molecule has 1 unspecified atom stereocenters. The molecule has 164 valence electrons. The molecule has 1 atom stereocenters. The lowest BCUT2D eigenvalue weighted by molar-refractivity contribution is -0.384. The number of fused-ring (bicyclic) bond motifs is 2. The first-order valence-corrected chi connectivity index (χ1v) is 10.2. The van der Waals surface area contributed by atoms with Gasteiger partial charge in [-0.05, 0) is 55.0 Å². The molecule has 0 N–H and O–H groups in total. The highest BCUT2D eigenvalue weighted by atomic mass is 16.7. The molecule has 0 saturated heterocycles. The summed E-state index contributed by atoms with van der Waals surface area (Å²) in [5.74, 6) is -0.670. The van der Waals surface area contributed by atoms with Crippen molar-refractivity contribution in [3.63, 3.8) is 0 Å². The topological polar surface area (TPSA) is 94.3 Å². The quantitative estimate of drug-likeness (QED) is 0.328. The number of carbonyl (C=O) groups is 1. The number of aliphatic imine (C=N–C) groups is 1. The number of para-hydroxylation sites is 1. The third-order valence-corrected chi connectivity index (χ3v) is 5.57. The number of nitrogens with zero attached hydrogens (tertiary/aromatic N) is 3. The van der Waals surface area contributed by atoms with E-state index in [1.165, 1.54) is 17.0 Å². The zero-order valence-corrected chi connectivity index (χ0v) is 17.9. The Bertz CT molecular complexity index is 1350. The average Bonchev–Trinajstić information content (AvgIpc) is 2.82. The molecule has 2 aliphatic rings. The molecule has 1 spiro atoms. The normalized spacial score (nSPS) is 18.6. The van der Waals surface area contributed by atoms with Crippen molar-refractivity contribution in [3.8, 4) is 11.5 Å². The number of ether oxygens (including phenoxy) is 2. The molecule has 0 fully saturated rings. The Kier molecular flexibility index (Phi) is 4.70. The van der Waals surface area contributed by atoms with Crippen LogP contribution in [-0.2, 0) is 0 Å². The van der Waals surface area contributed by atoms with Gasteiger partial charge in [0, 0.05) is 42.6 Å². The Morgan fingerprint density at radius 3 is 2.61 bits per heavy atom. The maximum absolute atomic E-state index is 13.0. The van der Waals surface area contributed by atoms with E-state index >= 15 is 0 Å². The third kappa shape index (κ3) is 3.51. The van der Waals surface area contributed by atoms with Gasteiger partial charge in [0.1, 0.15) is 11.5 Å². The van der Waals surface area contributed by atoms with Crippen LogP contribution in [0.3, 0.4) is 0 Å². The molecule has 0 aromatic heterocycles. The van der Waals surface area contributed by atoms with Gasteiger partial charge < -0.3 is 9.47 Å². The number of non-ortho nitro benzene ring substituents is 1. The lowest BCUT2D eigenvalue weighted by Gasteiger charge is -2.44. The zero-order valence-electron chi connectivity index (χ0n) is 17.9. The summed E-state index contributed by atoms with van der Waals surface area (Å²) in [6.45, 7) is 1.96. The van der Waals surface area contributed by atoms with E-state index in [1.54, 1.807) is 55.7 Å². The molecule has 33 heavy (non-hydrogen) atoms. The van der Waals surface area contributed by atoms with Gasteiger partial charge in [-0.25, -0.2) is 0 Å². The second kappa shape index (κ2) is 7.59. The first kappa shape index (κ1) is 20.4. The summed E-state index contributed by atoms with van der Waals surface area (Å²) in [5, 5.41) is 10.9. The maximum Gasteiger partial charge on any atom is 0.362 e. The van der Waals surface area contributed by atoms with Gasteiger partial charge in [-0.1, -0.05) is 12.1 Å². The number of aryl methyl sites for hydroxylation is 1. The van der Waals surface area contributed by atoms with Crippen molar-refractivity contribution in [2.45, 2.75) is 12.8 Å². The van der Waals surface area contributed by atoms with Crippen molar-refractivity contribution in [2.75, 3.05) is 7.05 Å². The predicted octanol–water partition coefficient (Wildman–Crippen LogP) is 4.88. The summed E-state index contributed by atoms with van der Waals surface area (Å²) in [5.41, 5.74) is 3.55. The minimum Gasteiger partial charge on any atom is -0.431 e. The number of amides is 1. The standard InChI is InChI=1S/C25H19N3O5/c1-16-13-17-11-12-25(27(2)24(29)21-5-3-4-6-22(21)32-25)33-23(17)18(14-16)15-26-19-7-9-20(10-8-19)28(30)31/h3-15H,1-2H3. The first-order valence-electron chi connectivity index (χ1n) is 10.2. The highest BCUT2D eigenvalue weighted by molar-refractivity contribution is 5.98. The molecule has 2 aliphatic heterocycles. The van der Waals surface area contributed by atoms with E-state index in [0.717, 1.165) is 11.1 Å². The van der Waals surface area contributed by atoms with Crippen molar-refractivity contribution in [2.24, 2.45) is 4.99 Å². The van der Waals surface area contributed by atoms with Gasteiger partial charge in [0.05, 0.1) is 16.2 Å². The molecule has 0 aliphatic carbocycles. The first-order chi connectivity index (χ1) is 15.9. The van der Waals surface area contributed by atoms with Gasteiger partial charge in [0.15, 0.2) is 0 Å². The monoisotopic (exact) mass is 441 g/mol. The number of benzene rings is 3. The van der Waals surface area contributed by atoms with Crippen LogP contribution in [0.15, 0.2) is 71.7 Å². The zero-order chi connectivity index (χ0) is 23.2. The van der Waals surface area contributed by atoms with E-state index in [9.17, 15) is 14.9 Å². The van der Waals surface area contributed by atoms with E-state index in [4.69, 9.17) is 9.47 Å². The van der Waals surface area contributed by atoms with Crippen molar-refractivity contribution < 1.29 is 19.2 Å². The van der Waals surface area contributed by atoms with Crippen LogP contribution in [0.2, 0.25) is 0 Å². The number of likely N-dealkylation sites (N-methyl/N-ethyl adjacent to an activating group) is 1. The van der Waals surface area contributed by atoms with Gasteiger partial charge in [-0.15, -0.1) is 0 Å². The van der Waals surface area contributed by atoms with Crippen LogP contribution in [0.25, 0.3) is 6.08 Å².